The minimum Gasteiger partial charge on any atom is -0.492 e. The molecule has 1 aliphatic rings. The van der Waals surface area contributed by atoms with Gasteiger partial charge in [0.2, 0.25) is 5.88 Å². The molecule has 1 fully saturated rings. The molecule has 5 nitrogen and oxygen atoms in total. The molecule has 0 unspecified atom stereocenters. The van der Waals surface area contributed by atoms with Gasteiger partial charge in [0, 0.05) is 13.1 Å². The van der Waals surface area contributed by atoms with Crippen molar-refractivity contribution in [1.29, 1.82) is 0 Å². The van der Waals surface area contributed by atoms with Crippen LogP contribution >= 0.6 is 11.3 Å². The second-order valence-electron chi connectivity index (χ2n) is 3.51. The molecule has 15 heavy (non-hydrogen) atoms. The maximum absolute atomic E-state index is 10.5. The molecular weight excluding hydrogens is 216 g/mol. The van der Waals surface area contributed by atoms with Crippen LogP contribution in [0.3, 0.4) is 0 Å². The minimum absolute atomic E-state index is 0.135. The molecular formula is C9H12N2O3S. The summed E-state index contributed by atoms with van der Waals surface area (Å²) in [6.45, 7) is 1.89. The van der Waals surface area contributed by atoms with Crippen LogP contribution in [0, 0.1) is 0 Å². The standard InChI is InChI=1S/C9H12N2O3S/c12-7(13)5-6-8(14)10-9(15-6)11-3-1-2-4-11/h14H,1-5H2,(H,12,13). The van der Waals surface area contributed by atoms with E-state index in [2.05, 4.69) is 9.88 Å². The Balaban J connectivity index is 2.16. The number of aromatic hydroxyl groups is 1. The molecule has 2 heterocycles. The third kappa shape index (κ3) is 2.20. The van der Waals surface area contributed by atoms with Crippen LogP contribution in [-0.2, 0) is 11.2 Å². The molecule has 1 aromatic rings. The second kappa shape index (κ2) is 4.06. The first-order chi connectivity index (χ1) is 7.16. The molecule has 0 amide bonds. The van der Waals surface area contributed by atoms with Crippen molar-refractivity contribution in [3.63, 3.8) is 0 Å². The lowest BCUT2D eigenvalue weighted by Crippen LogP contribution is -2.16. The number of hydrogen-bond donors (Lipinski definition) is 2. The predicted octanol–water partition coefficient (Wildman–Crippen LogP) is 1.08. The Bertz CT molecular complexity index is 371. The summed E-state index contributed by atoms with van der Waals surface area (Å²) in [5.74, 6) is -1.08. The third-order valence-electron chi connectivity index (χ3n) is 2.35. The lowest BCUT2D eigenvalue weighted by molar-refractivity contribution is -0.136. The maximum Gasteiger partial charge on any atom is 0.308 e. The molecule has 1 saturated heterocycles. The maximum atomic E-state index is 10.5. The van der Waals surface area contributed by atoms with Gasteiger partial charge in [-0.15, -0.1) is 0 Å². The highest BCUT2D eigenvalue weighted by atomic mass is 32.1. The van der Waals surface area contributed by atoms with Crippen LogP contribution in [0.15, 0.2) is 0 Å². The SMILES string of the molecule is O=C(O)Cc1sc(N2CCCC2)nc1O. The Morgan fingerprint density at radius 3 is 2.73 bits per heavy atom. The van der Waals surface area contributed by atoms with Crippen LogP contribution < -0.4 is 4.90 Å². The van der Waals surface area contributed by atoms with Gasteiger partial charge in [-0.3, -0.25) is 4.79 Å². The van der Waals surface area contributed by atoms with Gasteiger partial charge in [0.25, 0.3) is 0 Å². The summed E-state index contributed by atoms with van der Waals surface area (Å²) in [6, 6.07) is 0. The Kier molecular flexibility index (Phi) is 2.77. The van der Waals surface area contributed by atoms with Gasteiger partial charge >= 0.3 is 5.97 Å². The highest BCUT2D eigenvalue weighted by Gasteiger charge is 2.19. The predicted molar refractivity (Wildman–Crippen MR) is 56.6 cm³/mol. The van der Waals surface area contributed by atoms with Crippen molar-refractivity contribution in [2.24, 2.45) is 0 Å². The largest absolute Gasteiger partial charge is 0.492 e. The topological polar surface area (TPSA) is 73.7 Å². The number of carboxylic acid groups (broad SMARTS) is 1. The van der Waals surface area contributed by atoms with Crippen LogP contribution in [-0.4, -0.2) is 34.3 Å². The van der Waals surface area contributed by atoms with Gasteiger partial charge in [-0.2, -0.15) is 4.98 Å². The van der Waals surface area contributed by atoms with E-state index in [4.69, 9.17) is 5.11 Å². The van der Waals surface area contributed by atoms with Gasteiger partial charge in [-0.05, 0) is 12.8 Å². The Hall–Kier alpha value is -1.30. The molecule has 0 atom stereocenters. The number of nitrogens with zero attached hydrogens (tertiary/aromatic N) is 2. The normalized spacial score (nSPS) is 15.9. The molecule has 2 N–H and O–H groups in total. The smallest absolute Gasteiger partial charge is 0.308 e. The van der Waals surface area contributed by atoms with E-state index in [1.165, 1.54) is 11.3 Å². The zero-order valence-corrected chi connectivity index (χ0v) is 8.96. The van der Waals surface area contributed by atoms with E-state index >= 15 is 0 Å². The molecule has 1 aromatic heterocycles. The molecule has 82 valence electrons. The zero-order valence-electron chi connectivity index (χ0n) is 8.14. The van der Waals surface area contributed by atoms with E-state index < -0.39 is 5.97 Å². The number of aromatic nitrogens is 1. The molecule has 1 aliphatic heterocycles. The van der Waals surface area contributed by atoms with Crippen molar-refractivity contribution in [1.82, 2.24) is 4.98 Å². The highest BCUT2D eigenvalue weighted by Crippen LogP contribution is 2.32. The van der Waals surface area contributed by atoms with Crippen molar-refractivity contribution in [2.45, 2.75) is 19.3 Å². The molecule has 0 bridgehead atoms. The number of hydrogen-bond acceptors (Lipinski definition) is 5. The second-order valence-corrected chi connectivity index (χ2v) is 4.57. The van der Waals surface area contributed by atoms with E-state index in [0.29, 0.717) is 4.88 Å². The van der Waals surface area contributed by atoms with Crippen LogP contribution in [0.2, 0.25) is 0 Å². The van der Waals surface area contributed by atoms with Crippen molar-refractivity contribution in [3.8, 4) is 5.88 Å². The first-order valence-electron chi connectivity index (χ1n) is 4.82. The van der Waals surface area contributed by atoms with Crippen molar-refractivity contribution in [2.75, 3.05) is 18.0 Å². The highest BCUT2D eigenvalue weighted by molar-refractivity contribution is 7.16. The molecule has 0 aromatic carbocycles. The van der Waals surface area contributed by atoms with Gasteiger partial charge < -0.3 is 15.1 Å². The van der Waals surface area contributed by atoms with Crippen LogP contribution in [0.4, 0.5) is 5.13 Å². The molecule has 0 saturated carbocycles. The number of carboxylic acids is 1. The van der Waals surface area contributed by atoms with E-state index in [-0.39, 0.29) is 12.3 Å². The van der Waals surface area contributed by atoms with Gasteiger partial charge in [-0.1, -0.05) is 11.3 Å². The summed E-state index contributed by atoms with van der Waals surface area (Å²) in [7, 11) is 0. The minimum atomic E-state index is -0.943. The fourth-order valence-electron chi connectivity index (χ4n) is 1.63. The summed E-state index contributed by atoms with van der Waals surface area (Å²) in [4.78, 5) is 17.0. The fraction of sp³-hybridized carbons (Fsp3) is 0.556. The van der Waals surface area contributed by atoms with Gasteiger partial charge in [0.05, 0.1) is 11.3 Å². The van der Waals surface area contributed by atoms with Gasteiger partial charge in [0.15, 0.2) is 5.13 Å². The van der Waals surface area contributed by atoms with Crippen LogP contribution in [0.1, 0.15) is 17.7 Å². The average Bonchev–Trinajstić information content (AvgIpc) is 2.75. The summed E-state index contributed by atoms with van der Waals surface area (Å²) in [6.07, 6.45) is 2.11. The van der Waals surface area contributed by atoms with Crippen LogP contribution in [0.5, 0.6) is 5.88 Å². The monoisotopic (exact) mass is 228 g/mol. The zero-order chi connectivity index (χ0) is 10.8. The molecule has 2 rings (SSSR count). The molecule has 0 radical (unpaired) electrons. The summed E-state index contributed by atoms with van der Waals surface area (Å²) < 4.78 is 0. The number of thiazole rings is 1. The first kappa shape index (κ1) is 10.2. The Labute approximate surface area is 91.0 Å². The van der Waals surface area contributed by atoms with Crippen LogP contribution in [0.25, 0.3) is 0 Å². The fourth-order valence-corrected chi connectivity index (χ4v) is 2.62. The Morgan fingerprint density at radius 1 is 1.47 bits per heavy atom. The summed E-state index contributed by atoms with van der Waals surface area (Å²) in [5.41, 5.74) is 0. The third-order valence-corrected chi connectivity index (χ3v) is 3.46. The number of carbonyl (C=O) groups is 1. The molecule has 0 spiro atoms. The quantitative estimate of drug-likeness (QED) is 0.809. The van der Waals surface area contributed by atoms with Crippen molar-refractivity contribution in [3.05, 3.63) is 4.88 Å². The van der Waals surface area contributed by atoms with Gasteiger partial charge in [0.1, 0.15) is 0 Å². The number of rotatable bonds is 3. The lowest BCUT2D eigenvalue weighted by atomic mass is 10.4. The number of aliphatic carboxylic acids is 1. The van der Waals surface area contributed by atoms with E-state index in [1.807, 2.05) is 0 Å². The van der Waals surface area contributed by atoms with E-state index in [9.17, 15) is 9.90 Å². The summed E-state index contributed by atoms with van der Waals surface area (Å²) in [5, 5.41) is 18.8. The van der Waals surface area contributed by atoms with E-state index in [0.717, 1.165) is 31.1 Å². The average molecular weight is 228 g/mol. The van der Waals surface area contributed by atoms with Crippen molar-refractivity contribution < 1.29 is 15.0 Å². The number of anilines is 1. The Morgan fingerprint density at radius 2 is 2.13 bits per heavy atom. The van der Waals surface area contributed by atoms with Gasteiger partial charge in [-0.25, -0.2) is 0 Å². The first-order valence-corrected chi connectivity index (χ1v) is 5.64. The lowest BCUT2D eigenvalue weighted by Gasteiger charge is -2.11. The van der Waals surface area contributed by atoms with Crippen molar-refractivity contribution >= 4 is 22.4 Å². The van der Waals surface area contributed by atoms with E-state index in [1.54, 1.807) is 0 Å². The summed E-state index contributed by atoms with van der Waals surface area (Å²) >= 11 is 1.27. The molecule has 0 aliphatic carbocycles. The molecule has 6 heteroatoms.